The van der Waals surface area contributed by atoms with Crippen LogP contribution in [0, 0.1) is 45.3 Å². The average Bonchev–Trinajstić information content (AvgIpc) is 3.66. The number of furan rings is 1. The van der Waals surface area contributed by atoms with Gasteiger partial charge in [0.15, 0.2) is 0 Å². The van der Waals surface area contributed by atoms with E-state index in [2.05, 4.69) is 34.9 Å². The molecule has 2 heterocycles. The molecule has 0 N–H and O–H groups in total. The summed E-state index contributed by atoms with van der Waals surface area (Å²) in [6, 6.07) is 45.2. The number of nitrogens with zero attached hydrogens (tertiary/aromatic N) is 5. The molecular weight excluding hydrogens is 566 g/mol. The van der Waals surface area contributed by atoms with Crippen LogP contribution in [0.1, 0.15) is 22.3 Å². The first-order valence-corrected chi connectivity index (χ1v) is 14.5. The van der Waals surface area contributed by atoms with Crippen LogP contribution in [-0.2, 0) is 0 Å². The van der Waals surface area contributed by atoms with Gasteiger partial charge in [0, 0.05) is 38.4 Å². The van der Waals surface area contributed by atoms with E-state index in [1.54, 1.807) is 36.4 Å². The number of aromatic nitrogens is 1. The summed E-state index contributed by atoms with van der Waals surface area (Å²) in [5, 5.41) is 44.2. The highest BCUT2D eigenvalue weighted by atomic mass is 16.3. The number of fused-ring (bicyclic) bond motifs is 6. The molecule has 8 rings (SSSR count). The molecule has 2 aromatic heterocycles. The lowest BCUT2D eigenvalue weighted by atomic mass is 9.88. The Morgan fingerprint density at radius 3 is 1.46 bits per heavy atom. The number of hydrogen-bond donors (Lipinski definition) is 0. The maximum atomic E-state index is 10.2. The highest BCUT2D eigenvalue weighted by Crippen LogP contribution is 2.45. The summed E-state index contributed by atoms with van der Waals surface area (Å²) in [4.78, 5) is 0. The van der Waals surface area contributed by atoms with Crippen molar-refractivity contribution in [2.45, 2.75) is 0 Å². The molecule has 0 bridgehead atoms. The number of benzene rings is 6. The highest BCUT2D eigenvalue weighted by molar-refractivity contribution is 6.22. The van der Waals surface area contributed by atoms with Crippen LogP contribution in [0.3, 0.4) is 0 Å². The summed E-state index contributed by atoms with van der Waals surface area (Å²) in [5.41, 5.74) is 8.18. The van der Waals surface area contributed by atoms with Crippen LogP contribution >= 0.6 is 0 Å². The molecule has 46 heavy (non-hydrogen) atoms. The predicted octanol–water partition coefficient (Wildman–Crippen LogP) is 9.50. The summed E-state index contributed by atoms with van der Waals surface area (Å²) < 4.78 is 8.28. The SMILES string of the molecule is N#Cc1cccc(C#N)c1-c1cccc2c1c1c(-c3c(C#N)cccc3C#N)cccc1n2-c1ccc2oc3ccccc3c2c1. The minimum atomic E-state index is 0.381. The van der Waals surface area contributed by atoms with Crippen LogP contribution in [0.5, 0.6) is 0 Å². The van der Waals surface area contributed by atoms with Crippen molar-refractivity contribution in [1.82, 2.24) is 4.57 Å². The molecule has 0 saturated carbocycles. The monoisotopic (exact) mass is 585 g/mol. The van der Waals surface area contributed by atoms with Gasteiger partial charge in [-0.1, -0.05) is 54.6 Å². The summed E-state index contributed by atoms with van der Waals surface area (Å²) in [6.45, 7) is 0. The lowest BCUT2D eigenvalue weighted by Gasteiger charge is -2.12. The number of rotatable bonds is 3. The number of para-hydroxylation sites is 1. The second-order valence-electron chi connectivity index (χ2n) is 10.9. The molecule has 0 aliphatic carbocycles. The third-order valence-electron chi connectivity index (χ3n) is 8.58. The normalized spacial score (nSPS) is 11.0. The van der Waals surface area contributed by atoms with Gasteiger partial charge in [0.05, 0.1) is 57.6 Å². The zero-order valence-corrected chi connectivity index (χ0v) is 24.1. The molecule has 6 aromatic carbocycles. The maximum absolute atomic E-state index is 10.2. The number of hydrogen-bond acceptors (Lipinski definition) is 5. The van der Waals surface area contributed by atoms with Crippen LogP contribution in [0.2, 0.25) is 0 Å². The molecule has 0 unspecified atom stereocenters. The second-order valence-corrected chi connectivity index (χ2v) is 10.9. The third-order valence-corrected chi connectivity index (χ3v) is 8.58. The van der Waals surface area contributed by atoms with Crippen molar-refractivity contribution in [2.75, 3.05) is 0 Å². The Balaban J connectivity index is 1.59. The van der Waals surface area contributed by atoms with Crippen LogP contribution < -0.4 is 0 Å². The molecule has 0 spiro atoms. The Hall–Kier alpha value is -7.12. The van der Waals surface area contributed by atoms with Gasteiger partial charge < -0.3 is 8.98 Å². The van der Waals surface area contributed by atoms with Crippen molar-refractivity contribution in [3.05, 3.63) is 138 Å². The van der Waals surface area contributed by atoms with Crippen molar-refractivity contribution in [1.29, 1.82) is 21.0 Å². The fraction of sp³-hybridized carbons (Fsp3) is 0. The molecule has 6 nitrogen and oxygen atoms in total. The summed E-state index contributed by atoms with van der Waals surface area (Å²) in [5.74, 6) is 0. The first-order chi connectivity index (χ1) is 22.7. The van der Waals surface area contributed by atoms with Crippen molar-refractivity contribution >= 4 is 43.7 Å². The molecule has 0 aliphatic heterocycles. The summed E-state index contributed by atoms with van der Waals surface area (Å²) in [7, 11) is 0. The smallest absolute Gasteiger partial charge is 0.135 e. The van der Waals surface area contributed by atoms with Crippen molar-refractivity contribution in [2.24, 2.45) is 0 Å². The Bertz CT molecular complexity index is 2560. The van der Waals surface area contributed by atoms with E-state index in [0.29, 0.717) is 44.5 Å². The van der Waals surface area contributed by atoms with Crippen LogP contribution in [0.4, 0.5) is 0 Å². The lowest BCUT2D eigenvalue weighted by molar-refractivity contribution is 0.669. The molecular formula is C40H19N5O. The van der Waals surface area contributed by atoms with Gasteiger partial charge in [0.1, 0.15) is 11.2 Å². The van der Waals surface area contributed by atoms with Gasteiger partial charge in [-0.05, 0) is 71.8 Å². The van der Waals surface area contributed by atoms with E-state index in [1.165, 1.54) is 0 Å². The lowest BCUT2D eigenvalue weighted by Crippen LogP contribution is -1.94. The summed E-state index contributed by atoms with van der Waals surface area (Å²) in [6.07, 6.45) is 0. The van der Waals surface area contributed by atoms with E-state index in [1.807, 2.05) is 72.8 Å². The highest BCUT2D eigenvalue weighted by Gasteiger charge is 2.24. The molecule has 0 atom stereocenters. The van der Waals surface area contributed by atoms with Crippen LogP contribution in [0.25, 0.3) is 71.7 Å². The van der Waals surface area contributed by atoms with E-state index >= 15 is 0 Å². The van der Waals surface area contributed by atoms with E-state index in [0.717, 1.165) is 49.4 Å². The third kappa shape index (κ3) is 3.73. The minimum absolute atomic E-state index is 0.381. The fourth-order valence-corrected chi connectivity index (χ4v) is 6.71. The standard InChI is InChI=1S/C40H19N5O/c41-20-24-7-3-8-25(21-42)37(24)30-12-5-14-33-39(30)40-31(38-26(22-43)9-4-10-27(38)23-44)13-6-15-34(40)45(33)28-17-18-36-32(19-28)29-11-1-2-16-35(29)46-36/h1-19H. The Labute approximate surface area is 263 Å². The molecule has 210 valence electrons. The predicted molar refractivity (Wildman–Crippen MR) is 178 cm³/mol. The van der Waals surface area contributed by atoms with Gasteiger partial charge in [-0.25, -0.2) is 0 Å². The van der Waals surface area contributed by atoms with Gasteiger partial charge in [-0.2, -0.15) is 21.0 Å². The van der Waals surface area contributed by atoms with E-state index in [-0.39, 0.29) is 0 Å². The molecule has 0 radical (unpaired) electrons. The van der Waals surface area contributed by atoms with Gasteiger partial charge >= 0.3 is 0 Å². The van der Waals surface area contributed by atoms with E-state index < -0.39 is 0 Å². The molecule has 0 fully saturated rings. The largest absolute Gasteiger partial charge is 0.456 e. The van der Waals surface area contributed by atoms with Crippen molar-refractivity contribution < 1.29 is 4.42 Å². The molecule has 6 heteroatoms. The first-order valence-electron chi connectivity index (χ1n) is 14.5. The topological polar surface area (TPSA) is 113 Å². The van der Waals surface area contributed by atoms with Crippen LogP contribution in [-0.4, -0.2) is 4.57 Å². The number of nitriles is 4. The Morgan fingerprint density at radius 2 is 0.935 bits per heavy atom. The molecule has 0 aliphatic rings. The minimum Gasteiger partial charge on any atom is -0.456 e. The summed E-state index contributed by atoms with van der Waals surface area (Å²) >= 11 is 0. The zero-order chi connectivity index (χ0) is 31.4. The van der Waals surface area contributed by atoms with Gasteiger partial charge in [0.25, 0.3) is 0 Å². The molecule has 0 amide bonds. The van der Waals surface area contributed by atoms with Crippen molar-refractivity contribution in [3.63, 3.8) is 0 Å². The maximum Gasteiger partial charge on any atom is 0.135 e. The zero-order valence-electron chi connectivity index (χ0n) is 24.1. The average molecular weight is 586 g/mol. The second kappa shape index (κ2) is 10.3. The fourth-order valence-electron chi connectivity index (χ4n) is 6.71. The van der Waals surface area contributed by atoms with Crippen molar-refractivity contribution in [3.8, 4) is 52.2 Å². The Kier molecular flexibility index (Phi) is 5.91. The molecule has 0 saturated heterocycles. The Morgan fingerprint density at radius 1 is 0.457 bits per heavy atom. The van der Waals surface area contributed by atoms with E-state index in [4.69, 9.17) is 4.42 Å². The van der Waals surface area contributed by atoms with Gasteiger partial charge in [0.2, 0.25) is 0 Å². The first kappa shape index (κ1) is 26.5. The van der Waals surface area contributed by atoms with Crippen LogP contribution in [0.15, 0.2) is 120 Å². The van der Waals surface area contributed by atoms with Gasteiger partial charge in [-0.3, -0.25) is 0 Å². The van der Waals surface area contributed by atoms with Gasteiger partial charge in [-0.15, -0.1) is 0 Å². The molecule has 8 aromatic rings. The quantitative estimate of drug-likeness (QED) is 0.205. The van der Waals surface area contributed by atoms with E-state index in [9.17, 15) is 21.0 Å².